The van der Waals surface area contributed by atoms with E-state index in [1.54, 1.807) is 11.3 Å². The molecule has 2 rings (SSSR count). The lowest BCUT2D eigenvalue weighted by Gasteiger charge is -2.07. The third-order valence-electron chi connectivity index (χ3n) is 3.38. The number of hydrogen-bond donors (Lipinski definition) is 2. The fourth-order valence-electron chi connectivity index (χ4n) is 2.34. The third-order valence-corrected chi connectivity index (χ3v) is 4.62. The number of nitrogens with one attached hydrogen (secondary N) is 2. The fraction of sp³-hybridized carbons (Fsp3) is 0.643. The zero-order chi connectivity index (χ0) is 12.8. The quantitative estimate of drug-likeness (QED) is 0.821. The van der Waals surface area contributed by atoms with Gasteiger partial charge in [0.2, 0.25) is 0 Å². The van der Waals surface area contributed by atoms with Crippen molar-refractivity contribution in [2.75, 3.05) is 20.1 Å². The Balaban J connectivity index is 2.00. The molecule has 100 valence electrons. The van der Waals surface area contributed by atoms with Gasteiger partial charge in [-0.25, -0.2) is 0 Å². The van der Waals surface area contributed by atoms with Crippen LogP contribution in [0.4, 0.5) is 0 Å². The minimum atomic E-state index is 0.0852. The van der Waals surface area contributed by atoms with Crippen molar-refractivity contribution in [2.24, 2.45) is 0 Å². The number of amides is 1. The Hall–Kier alpha value is -0.870. The highest BCUT2D eigenvalue weighted by atomic mass is 32.1. The minimum Gasteiger partial charge on any atom is -0.350 e. The highest BCUT2D eigenvalue weighted by Crippen LogP contribution is 2.28. The monoisotopic (exact) mass is 266 g/mol. The lowest BCUT2D eigenvalue weighted by atomic mass is 10.00. The number of carbonyl (C=O) groups excluding carboxylic acids is 1. The molecule has 0 bridgehead atoms. The molecule has 18 heavy (non-hydrogen) atoms. The van der Waals surface area contributed by atoms with E-state index in [1.807, 2.05) is 7.05 Å². The molecule has 3 nitrogen and oxygen atoms in total. The SMILES string of the molecule is CNCCNC(=O)c1cc2c(s1)CCCCCC2. The van der Waals surface area contributed by atoms with Crippen LogP contribution in [-0.4, -0.2) is 26.0 Å². The molecule has 0 radical (unpaired) electrons. The molecule has 0 saturated heterocycles. The van der Waals surface area contributed by atoms with E-state index >= 15 is 0 Å². The van der Waals surface area contributed by atoms with Gasteiger partial charge in [0.05, 0.1) is 4.88 Å². The molecule has 0 unspecified atom stereocenters. The standard InChI is InChI=1S/C14H22N2OS/c1-15-8-9-16-14(17)13-10-11-6-4-2-3-5-7-12(11)18-13/h10,15H,2-9H2,1H3,(H,16,17). The van der Waals surface area contributed by atoms with Gasteiger partial charge >= 0.3 is 0 Å². The largest absolute Gasteiger partial charge is 0.350 e. The predicted octanol–water partition coefficient (Wildman–Crippen LogP) is 2.36. The van der Waals surface area contributed by atoms with Crippen molar-refractivity contribution in [1.29, 1.82) is 0 Å². The molecule has 1 aliphatic carbocycles. The Kier molecular flexibility index (Phi) is 5.20. The molecular weight excluding hydrogens is 244 g/mol. The van der Waals surface area contributed by atoms with Gasteiger partial charge in [0, 0.05) is 18.0 Å². The Labute approximate surface area is 113 Å². The number of hydrogen-bond acceptors (Lipinski definition) is 3. The lowest BCUT2D eigenvalue weighted by molar-refractivity contribution is 0.0958. The van der Waals surface area contributed by atoms with Crippen LogP contribution in [0, 0.1) is 0 Å². The van der Waals surface area contributed by atoms with E-state index < -0.39 is 0 Å². The summed E-state index contributed by atoms with van der Waals surface area (Å²) in [5.41, 5.74) is 1.42. The summed E-state index contributed by atoms with van der Waals surface area (Å²) in [6.45, 7) is 1.51. The van der Waals surface area contributed by atoms with Crippen molar-refractivity contribution in [2.45, 2.75) is 38.5 Å². The molecule has 0 spiro atoms. The maximum Gasteiger partial charge on any atom is 0.261 e. The first-order chi connectivity index (χ1) is 8.81. The molecule has 1 amide bonds. The summed E-state index contributed by atoms with van der Waals surface area (Å²) in [5, 5.41) is 5.98. The molecule has 1 aromatic rings. The van der Waals surface area contributed by atoms with Gasteiger partial charge in [0.15, 0.2) is 0 Å². The fourth-order valence-corrected chi connectivity index (χ4v) is 3.51. The van der Waals surface area contributed by atoms with Crippen LogP contribution in [0.25, 0.3) is 0 Å². The van der Waals surface area contributed by atoms with E-state index in [2.05, 4.69) is 16.7 Å². The van der Waals surface area contributed by atoms with Crippen molar-refractivity contribution in [3.63, 3.8) is 0 Å². The predicted molar refractivity (Wildman–Crippen MR) is 76.5 cm³/mol. The van der Waals surface area contributed by atoms with E-state index in [0.29, 0.717) is 6.54 Å². The maximum absolute atomic E-state index is 12.0. The summed E-state index contributed by atoms with van der Waals surface area (Å²) in [6, 6.07) is 2.11. The van der Waals surface area contributed by atoms with Crippen LogP contribution in [0.15, 0.2) is 6.07 Å². The molecule has 0 atom stereocenters. The number of rotatable bonds is 4. The molecular formula is C14H22N2OS. The van der Waals surface area contributed by atoms with E-state index in [-0.39, 0.29) is 5.91 Å². The number of aryl methyl sites for hydroxylation is 2. The van der Waals surface area contributed by atoms with Crippen LogP contribution < -0.4 is 10.6 Å². The van der Waals surface area contributed by atoms with Gasteiger partial charge in [-0.1, -0.05) is 12.8 Å². The number of thiophene rings is 1. The average Bonchev–Trinajstić information content (AvgIpc) is 2.72. The number of likely N-dealkylation sites (N-methyl/N-ethyl adjacent to an activating group) is 1. The van der Waals surface area contributed by atoms with Crippen molar-refractivity contribution >= 4 is 17.2 Å². The minimum absolute atomic E-state index is 0.0852. The third kappa shape index (κ3) is 3.56. The van der Waals surface area contributed by atoms with Crippen molar-refractivity contribution in [3.8, 4) is 0 Å². The molecule has 4 heteroatoms. The van der Waals surface area contributed by atoms with Gasteiger partial charge in [-0.15, -0.1) is 11.3 Å². The van der Waals surface area contributed by atoms with Crippen LogP contribution in [0.3, 0.4) is 0 Å². The second-order valence-corrected chi connectivity index (χ2v) is 5.97. The van der Waals surface area contributed by atoms with Crippen LogP contribution in [0.2, 0.25) is 0 Å². The van der Waals surface area contributed by atoms with Crippen LogP contribution in [0.1, 0.15) is 45.8 Å². The smallest absolute Gasteiger partial charge is 0.261 e. The molecule has 0 aliphatic heterocycles. The number of carbonyl (C=O) groups is 1. The average molecular weight is 266 g/mol. The molecule has 1 aromatic heterocycles. The summed E-state index contributed by atoms with van der Waals surface area (Å²) in [7, 11) is 1.89. The Bertz CT molecular complexity index is 375. The first-order valence-electron chi connectivity index (χ1n) is 6.85. The molecule has 1 aliphatic rings. The van der Waals surface area contributed by atoms with Crippen LogP contribution >= 0.6 is 11.3 Å². The highest BCUT2D eigenvalue weighted by molar-refractivity contribution is 7.14. The molecule has 1 heterocycles. The van der Waals surface area contributed by atoms with Gasteiger partial charge in [0.1, 0.15) is 0 Å². The molecule has 0 saturated carbocycles. The van der Waals surface area contributed by atoms with Gasteiger partial charge in [-0.2, -0.15) is 0 Å². The molecule has 2 N–H and O–H groups in total. The zero-order valence-corrected chi connectivity index (χ0v) is 11.9. The first kappa shape index (κ1) is 13.6. The summed E-state index contributed by atoms with van der Waals surface area (Å²) >= 11 is 1.69. The zero-order valence-electron chi connectivity index (χ0n) is 11.1. The van der Waals surface area contributed by atoms with Crippen molar-refractivity contribution < 1.29 is 4.79 Å². The maximum atomic E-state index is 12.0. The molecule has 0 fully saturated rings. The van der Waals surface area contributed by atoms with E-state index in [0.717, 1.165) is 24.3 Å². The Morgan fingerprint density at radius 3 is 2.78 bits per heavy atom. The topological polar surface area (TPSA) is 41.1 Å². The highest BCUT2D eigenvalue weighted by Gasteiger charge is 2.15. The Morgan fingerprint density at radius 1 is 1.22 bits per heavy atom. The lowest BCUT2D eigenvalue weighted by Crippen LogP contribution is -2.29. The van der Waals surface area contributed by atoms with E-state index in [9.17, 15) is 4.79 Å². The summed E-state index contributed by atoms with van der Waals surface area (Å²) < 4.78 is 0. The van der Waals surface area contributed by atoms with Crippen LogP contribution in [-0.2, 0) is 12.8 Å². The summed E-state index contributed by atoms with van der Waals surface area (Å²) in [5.74, 6) is 0.0852. The van der Waals surface area contributed by atoms with Crippen molar-refractivity contribution in [3.05, 3.63) is 21.4 Å². The van der Waals surface area contributed by atoms with E-state index in [4.69, 9.17) is 0 Å². The number of fused-ring (bicyclic) bond motifs is 1. The Morgan fingerprint density at radius 2 is 2.00 bits per heavy atom. The van der Waals surface area contributed by atoms with Gasteiger partial charge < -0.3 is 10.6 Å². The second kappa shape index (κ2) is 6.90. The van der Waals surface area contributed by atoms with E-state index in [1.165, 1.54) is 36.1 Å². The molecule has 0 aromatic carbocycles. The summed E-state index contributed by atoms with van der Waals surface area (Å²) in [6.07, 6.45) is 7.51. The van der Waals surface area contributed by atoms with Crippen molar-refractivity contribution in [1.82, 2.24) is 10.6 Å². The first-order valence-corrected chi connectivity index (χ1v) is 7.67. The van der Waals surface area contributed by atoms with Gasteiger partial charge in [0.25, 0.3) is 5.91 Å². The van der Waals surface area contributed by atoms with Crippen LogP contribution in [0.5, 0.6) is 0 Å². The second-order valence-electron chi connectivity index (χ2n) is 4.83. The van der Waals surface area contributed by atoms with Gasteiger partial charge in [-0.05, 0) is 44.4 Å². The van der Waals surface area contributed by atoms with Gasteiger partial charge in [-0.3, -0.25) is 4.79 Å². The normalized spacial score (nSPS) is 15.6. The summed E-state index contributed by atoms with van der Waals surface area (Å²) in [4.78, 5) is 14.3.